The molecule has 1 heterocycles. The SMILES string of the molecule is CC(C)(C)c1cncc(Cl)c1C(F)(F)F. The van der Waals surface area contributed by atoms with E-state index >= 15 is 0 Å². The molecule has 0 amide bonds. The Morgan fingerprint density at radius 1 is 1.13 bits per heavy atom. The largest absolute Gasteiger partial charge is 0.418 e. The molecule has 0 aliphatic heterocycles. The van der Waals surface area contributed by atoms with Crippen LogP contribution in [0.4, 0.5) is 13.2 Å². The van der Waals surface area contributed by atoms with E-state index in [2.05, 4.69) is 4.98 Å². The number of hydrogen-bond acceptors (Lipinski definition) is 1. The van der Waals surface area contributed by atoms with Crippen molar-refractivity contribution in [1.29, 1.82) is 0 Å². The van der Waals surface area contributed by atoms with Crippen molar-refractivity contribution in [2.24, 2.45) is 0 Å². The van der Waals surface area contributed by atoms with Crippen LogP contribution in [0.15, 0.2) is 12.4 Å². The minimum Gasteiger partial charge on any atom is -0.263 e. The van der Waals surface area contributed by atoms with E-state index in [0.29, 0.717) is 0 Å². The number of halogens is 4. The molecule has 0 unspecified atom stereocenters. The zero-order valence-electron chi connectivity index (χ0n) is 8.61. The fraction of sp³-hybridized carbons (Fsp3) is 0.500. The highest BCUT2D eigenvalue weighted by molar-refractivity contribution is 6.31. The van der Waals surface area contributed by atoms with Crippen molar-refractivity contribution < 1.29 is 13.2 Å². The zero-order valence-corrected chi connectivity index (χ0v) is 9.37. The molecule has 1 nitrogen and oxygen atoms in total. The first kappa shape index (κ1) is 12.3. The summed E-state index contributed by atoms with van der Waals surface area (Å²) in [7, 11) is 0. The van der Waals surface area contributed by atoms with Gasteiger partial charge in [0, 0.05) is 12.4 Å². The van der Waals surface area contributed by atoms with Gasteiger partial charge in [0.1, 0.15) is 0 Å². The van der Waals surface area contributed by atoms with Gasteiger partial charge in [0.05, 0.1) is 10.6 Å². The lowest BCUT2D eigenvalue weighted by atomic mass is 9.85. The summed E-state index contributed by atoms with van der Waals surface area (Å²) in [6, 6.07) is 0. The van der Waals surface area contributed by atoms with E-state index in [-0.39, 0.29) is 10.6 Å². The van der Waals surface area contributed by atoms with Crippen molar-refractivity contribution in [3.8, 4) is 0 Å². The summed E-state index contributed by atoms with van der Waals surface area (Å²) in [5.74, 6) is 0. The van der Waals surface area contributed by atoms with Gasteiger partial charge in [-0.3, -0.25) is 4.98 Å². The molecule has 0 aliphatic carbocycles. The predicted octanol–water partition coefficient (Wildman–Crippen LogP) is 4.05. The third-order valence-corrected chi connectivity index (χ3v) is 2.28. The van der Waals surface area contributed by atoms with Gasteiger partial charge in [-0.05, 0) is 11.0 Å². The fourth-order valence-corrected chi connectivity index (χ4v) is 1.56. The Kier molecular flexibility index (Phi) is 3.01. The molecule has 0 aromatic carbocycles. The molecule has 0 fully saturated rings. The van der Waals surface area contributed by atoms with Crippen LogP contribution in [-0.4, -0.2) is 4.98 Å². The summed E-state index contributed by atoms with van der Waals surface area (Å²) in [6.45, 7) is 5.07. The van der Waals surface area contributed by atoms with Crippen LogP contribution in [0.25, 0.3) is 0 Å². The van der Waals surface area contributed by atoms with Crippen LogP contribution < -0.4 is 0 Å². The smallest absolute Gasteiger partial charge is 0.263 e. The topological polar surface area (TPSA) is 12.9 Å². The summed E-state index contributed by atoms with van der Waals surface area (Å²) in [4.78, 5) is 3.69. The Bertz CT molecular complexity index is 366. The van der Waals surface area contributed by atoms with E-state index in [4.69, 9.17) is 11.6 Å². The Morgan fingerprint density at radius 3 is 2.00 bits per heavy atom. The molecular weight excluding hydrogens is 227 g/mol. The van der Waals surface area contributed by atoms with Crippen LogP contribution in [0.2, 0.25) is 5.02 Å². The summed E-state index contributed by atoms with van der Waals surface area (Å²) in [5.41, 5.74) is -1.31. The van der Waals surface area contributed by atoms with Gasteiger partial charge >= 0.3 is 6.18 Å². The van der Waals surface area contributed by atoms with Crippen LogP contribution in [-0.2, 0) is 11.6 Å². The Hall–Kier alpha value is -0.770. The summed E-state index contributed by atoms with van der Waals surface area (Å²) >= 11 is 5.54. The molecule has 1 rings (SSSR count). The molecule has 0 saturated heterocycles. The van der Waals surface area contributed by atoms with E-state index in [9.17, 15) is 13.2 Å². The molecule has 1 aromatic heterocycles. The Balaban J connectivity index is 3.48. The number of hydrogen-bond donors (Lipinski definition) is 0. The number of rotatable bonds is 0. The van der Waals surface area contributed by atoms with Crippen LogP contribution in [0.5, 0.6) is 0 Å². The third-order valence-electron chi connectivity index (χ3n) is 1.99. The van der Waals surface area contributed by atoms with Crippen molar-refractivity contribution in [3.63, 3.8) is 0 Å². The highest BCUT2D eigenvalue weighted by Gasteiger charge is 2.38. The molecule has 1 aromatic rings. The second-order valence-corrected chi connectivity index (χ2v) is 4.70. The lowest BCUT2D eigenvalue weighted by Gasteiger charge is -2.24. The van der Waals surface area contributed by atoms with Crippen molar-refractivity contribution >= 4 is 11.6 Å². The lowest BCUT2D eigenvalue weighted by molar-refractivity contribution is -0.138. The molecule has 0 atom stereocenters. The molecule has 0 bridgehead atoms. The summed E-state index contributed by atoms with van der Waals surface area (Å²) in [6.07, 6.45) is -2.21. The molecular formula is C10H11ClF3N. The molecule has 84 valence electrons. The Labute approximate surface area is 91.3 Å². The monoisotopic (exact) mass is 237 g/mol. The standard InChI is InChI=1S/C10H11ClF3N/c1-9(2,3)6-4-15-5-7(11)8(6)10(12,13)14/h4-5H,1-3H3. The first-order chi connectivity index (χ1) is 6.64. The molecule has 15 heavy (non-hydrogen) atoms. The third kappa shape index (κ3) is 2.62. The Morgan fingerprint density at radius 2 is 1.67 bits per heavy atom. The van der Waals surface area contributed by atoms with Crippen LogP contribution >= 0.6 is 11.6 Å². The highest BCUT2D eigenvalue weighted by atomic mass is 35.5. The maximum absolute atomic E-state index is 12.7. The van der Waals surface area contributed by atoms with Crippen molar-refractivity contribution in [3.05, 3.63) is 28.5 Å². The molecule has 0 spiro atoms. The number of pyridine rings is 1. The van der Waals surface area contributed by atoms with Crippen LogP contribution in [0, 0.1) is 0 Å². The number of alkyl halides is 3. The van der Waals surface area contributed by atoms with Gasteiger partial charge in [0.15, 0.2) is 0 Å². The van der Waals surface area contributed by atoms with Crippen molar-refractivity contribution in [1.82, 2.24) is 4.98 Å². The van der Waals surface area contributed by atoms with Gasteiger partial charge in [-0.1, -0.05) is 32.4 Å². The minimum absolute atomic E-state index is 0.113. The minimum atomic E-state index is -4.44. The van der Waals surface area contributed by atoms with Gasteiger partial charge in [0.2, 0.25) is 0 Å². The van der Waals surface area contributed by atoms with Gasteiger partial charge < -0.3 is 0 Å². The normalized spacial score (nSPS) is 13.0. The first-order valence-electron chi connectivity index (χ1n) is 4.35. The number of nitrogens with zero attached hydrogens (tertiary/aromatic N) is 1. The molecule has 0 saturated carbocycles. The lowest BCUT2D eigenvalue weighted by Crippen LogP contribution is -2.20. The molecule has 0 N–H and O–H groups in total. The van der Waals surface area contributed by atoms with E-state index in [1.807, 2.05) is 0 Å². The second kappa shape index (κ2) is 3.67. The maximum Gasteiger partial charge on any atom is 0.418 e. The van der Waals surface area contributed by atoms with Gasteiger partial charge in [-0.2, -0.15) is 13.2 Å². The van der Waals surface area contributed by atoms with E-state index in [1.54, 1.807) is 20.8 Å². The van der Waals surface area contributed by atoms with Crippen LogP contribution in [0.3, 0.4) is 0 Å². The van der Waals surface area contributed by atoms with Crippen molar-refractivity contribution in [2.75, 3.05) is 0 Å². The molecule has 5 heteroatoms. The van der Waals surface area contributed by atoms with E-state index in [1.165, 1.54) is 6.20 Å². The zero-order chi connectivity index (χ0) is 11.9. The average Bonchev–Trinajstić information content (AvgIpc) is 1.99. The molecule has 0 aliphatic rings. The first-order valence-corrected chi connectivity index (χ1v) is 4.73. The highest BCUT2D eigenvalue weighted by Crippen LogP contribution is 2.40. The summed E-state index contributed by atoms with van der Waals surface area (Å²) in [5, 5.41) is -0.352. The van der Waals surface area contributed by atoms with Crippen molar-refractivity contribution in [2.45, 2.75) is 32.4 Å². The van der Waals surface area contributed by atoms with E-state index in [0.717, 1.165) is 6.20 Å². The van der Waals surface area contributed by atoms with Gasteiger partial charge in [-0.25, -0.2) is 0 Å². The maximum atomic E-state index is 12.7. The number of aromatic nitrogens is 1. The summed E-state index contributed by atoms with van der Waals surface area (Å²) < 4.78 is 38.2. The van der Waals surface area contributed by atoms with Gasteiger partial charge in [-0.15, -0.1) is 0 Å². The van der Waals surface area contributed by atoms with Gasteiger partial charge in [0.25, 0.3) is 0 Å². The quantitative estimate of drug-likeness (QED) is 0.663. The second-order valence-electron chi connectivity index (χ2n) is 4.29. The average molecular weight is 238 g/mol. The van der Waals surface area contributed by atoms with Crippen LogP contribution in [0.1, 0.15) is 31.9 Å². The molecule has 0 radical (unpaired) electrons. The fourth-order valence-electron chi connectivity index (χ4n) is 1.29. The predicted molar refractivity (Wildman–Crippen MR) is 52.9 cm³/mol. The van der Waals surface area contributed by atoms with E-state index < -0.39 is 17.2 Å².